The van der Waals surface area contributed by atoms with Crippen LogP contribution < -0.4 is 10.5 Å². The van der Waals surface area contributed by atoms with Crippen LogP contribution in [0.1, 0.15) is 25.3 Å². The van der Waals surface area contributed by atoms with Gasteiger partial charge in [-0.2, -0.15) is 0 Å². The summed E-state index contributed by atoms with van der Waals surface area (Å²) < 4.78 is 5.41. The van der Waals surface area contributed by atoms with Crippen LogP contribution in [0.3, 0.4) is 0 Å². The highest BCUT2D eigenvalue weighted by atomic mass is 16.5. The van der Waals surface area contributed by atoms with Crippen molar-refractivity contribution in [3.05, 3.63) is 29.8 Å². The molecular weight excluding hydrogens is 186 g/mol. The zero-order chi connectivity index (χ0) is 10.9. The molecule has 0 aliphatic heterocycles. The lowest BCUT2D eigenvalue weighted by Gasteiger charge is -2.03. The Bertz CT molecular complexity index is 349. The Kier molecular flexibility index (Phi) is 5.35. The smallest absolute Gasteiger partial charge is 0.120 e. The minimum absolute atomic E-state index is 0.533. The maximum Gasteiger partial charge on any atom is 0.120 e. The third-order valence-corrected chi connectivity index (χ3v) is 1.83. The Morgan fingerprint density at radius 3 is 3.00 bits per heavy atom. The van der Waals surface area contributed by atoms with Crippen LogP contribution in [0.2, 0.25) is 0 Å². The Hall–Kier alpha value is -1.46. The van der Waals surface area contributed by atoms with Crippen molar-refractivity contribution in [3.63, 3.8) is 0 Å². The van der Waals surface area contributed by atoms with Gasteiger partial charge in [-0.05, 0) is 24.6 Å². The summed E-state index contributed by atoms with van der Waals surface area (Å²) in [5.41, 5.74) is 6.36. The second kappa shape index (κ2) is 6.92. The van der Waals surface area contributed by atoms with Gasteiger partial charge < -0.3 is 10.5 Å². The van der Waals surface area contributed by atoms with Crippen LogP contribution >= 0.6 is 0 Å². The molecule has 0 aromatic heterocycles. The predicted octanol–water partition coefficient (Wildman–Crippen LogP) is 2.18. The van der Waals surface area contributed by atoms with Crippen LogP contribution in [0.15, 0.2) is 24.3 Å². The molecule has 0 aliphatic carbocycles. The molecule has 1 rings (SSSR count). The molecule has 0 heterocycles. The van der Waals surface area contributed by atoms with E-state index in [2.05, 4.69) is 18.8 Å². The molecule has 0 bridgehead atoms. The molecule has 2 nitrogen and oxygen atoms in total. The van der Waals surface area contributed by atoms with E-state index in [1.54, 1.807) is 0 Å². The standard InChI is InChI=1S/C13H17NO/c1-2-3-4-6-12-7-5-8-13(11-12)15-10-9-14/h5,7-8,11H,2-3,9-10,14H2,1H3. The third-order valence-electron chi connectivity index (χ3n) is 1.83. The van der Waals surface area contributed by atoms with Gasteiger partial charge in [-0.3, -0.25) is 0 Å². The van der Waals surface area contributed by atoms with Gasteiger partial charge in [0, 0.05) is 18.5 Å². The molecule has 15 heavy (non-hydrogen) atoms. The molecule has 0 amide bonds. The van der Waals surface area contributed by atoms with E-state index >= 15 is 0 Å². The normalized spacial score (nSPS) is 9.20. The van der Waals surface area contributed by atoms with Crippen LogP contribution in [0.4, 0.5) is 0 Å². The second-order valence-electron chi connectivity index (χ2n) is 3.22. The van der Waals surface area contributed by atoms with E-state index in [0.29, 0.717) is 13.2 Å². The van der Waals surface area contributed by atoms with Crippen LogP contribution in [-0.2, 0) is 0 Å². The van der Waals surface area contributed by atoms with Crippen molar-refractivity contribution < 1.29 is 4.74 Å². The molecule has 2 N–H and O–H groups in total. The van der Waals surface area contributed by atoms with Crippen molar-refractivity contribution in [2.45, 2.75) is 19.8 Å². The average Bonchev–Trinajstić information content (AvgIpc) is 2.27. The zero-order valence-corrected chi connectivity index (χ0v) is 9.12. The highest BCUT2D eigenvalue weighted by Gasteiger charge is 1.93. The van der Waals surface area contributed by atoms with Gasteiger partial charge in [0.25, 0.3) is 0 Å². The molecule has 0 radical (unpaired) electrons. The van der Waals surface area contributed by atoms with Crippen molar-refractivity contribution in [3.8, 4) is 17.6 Å². The largest absolute Gasteiger partial charge is 0.492 e. The zero-order valence-electron chi connectivity index (χ0n) is 9.12. The Balaban J connectivity index is 2.62. The van der Waals surface area contributed by atoms with Gasteiger partial charge in [-0.25, -0.2) is 0 Å². The topological polar surface area (TPSA) is 35.2 Å². The first-order valence-electron chi connectivity index (χ1n) is 5.28. The highest BCUT2D eigenvalue weighted by molar-refractivity contribution is 5.39. The lowest BCUT2D eigenvalue weighted by atomic mass is 10.2. The lowest BCUT2D eigenvalue weighted by Crippen LogP contribution is -2.10. The van der Waals surface area contributed by atoms with Crippen molar-refractivity contribution in [1.82, 2.24) is 0 Å². The summed E-state index contributed by atoms with van der Waals surface area (Å²) in [5, 5.41) is 0. The predicted molar refractivity (Wildman–Crippen MR) is 62.8 cm³/mol. The fourth-order valence-corrected chi connectivity index (χ4v) is 1.13. The van der Waals surface area contributed by atoms with Crippen LogP contribution in [-0.4, -0.2) is 13.2 Å². The van der Waals surface area contributed by atoms with E-state index in [9.17, 15) is 0 Å². The highest BCUT2D eigenvalue weighted by Crippen LogP contribution is 2.12. The summed E-state index contributed by atoms with van der Waals surface area (Å²) in [6, 6.07) is 7.79. The molecule has 0 atom stereocenters. The van der Waals surface area contributed by atoms with E-state index in [0.717, 1.165) is 24.2 Å². The molecule has 0 saturated heterocycles. The molecule has 2 heteroatoms. The van der Waals surface area contributed by atoms with Gasteiger partial charge >= 0.3 is 0 Å². The number of nitrogens with two attached hydrogens (primary N) is 1. The summed E-state index contributed by atoms with van der Waals surface area (Å²) in [6.07, 6.45) is 2.03. The molecule has 1 aromatic carbocycles. The van der Waals surface area contributed by atoms with Crippen molar-refractivity contribution in [1.29, 1.82) is 0 Å². The molecule has 0 saturated carbocycles. The van der Waals surface area contributed by atoms with E-state index in [1.165, 1.54) is 0 Å². The fourth-order valence-electron chi connectivity index (χ4n) is 1.13. The first kappa shape index (κ1) is 11.6. The minimum atomic E-state index is 0.533. The van der Waals surface area contributed by atoms with Crippen LogP contribution in [0, 0.1) is 11.8 Å². The van der Waals surface area contributed by atoms with Crippen LogP contribution in [0.25, 0.3) is 0 Å². The second-order valence-corrected chi connectivity index (χ2v) is 3.22. The monoisotopic (exact) mass is 203 g/mol. The first-order chi connectivity index (χ1) is 7.36. The fraction of sp³-hybridized carbons (Fsp3) is 0.385. The Morgan fingerprint density at radius 2 is 2.27 bits per heavy atom. The average molecular weight is 203 g/mol. The van der Waals surface area contributed by atoms with E-state index in [-0.39, 0.29) is 0 Å². The summed E-state index contributed by atoms with van der Waals surface area (Å²) >= 11 is 0. The maximum absolute atomic E-state index is 5.41. The van der Waals surface area contributed by atoms with Crippen LogP contribution in [0.5, 0.6) is 5.75 Å². The molecular formula is C13H17NO. The van der Waals surface area contributed by atoms with Gasteiger partial charge in [-0.15, -0.1) is 0 Å². The number of hydrogen-bond acceptors (Lipinski definition) is 2. The number of hydrogen-bond donors (Lipinski definition) is 1. The minimum Gasteiger partial charge on any atom is -0.492 e. The Labute approximate surface area is 91.4 Å². The quantitative estimate of drug-likeness (QED) is 0.761. The van der Waals surface area contributed by atoms with Gasteiger partial charge in [0.2, 0.25) is 0 Å². The number of ether oxygens (including phenoxy) is 1. The van der Waals surface area contributed by atoms with Crippen molar-refractivity contribution >= 4 is 0 Å². The van der Waals surface area contributed by atoms with E-state index < -0.39 is 0 Å². The van der Waals surface area contributed by atoms with E-state index in [1.807, 2.05) is 24.3 Å². The van der Waals surface area contributed by atoms with Gasteiger partial charge in [0.05, 0.1) is 0 Å². The lowest BCUT2D eigenvalue weighted by molar-refractivity contribution is 0.328. The molecule has 80 valence electrons. The molecule has 0 aliphatic rings. The summed E-state index contributed by atoms with van der Waals surface area (Å²) in [7, 11) is 0. The summed E-state index contributed by atoms with van der Waals surface area (Å²) in [6.45, 7) is 3.20. The molecule has 0 unspecified atom stereocenters. The molecule has 0 spiro atoms. The van der Waals surface area contributed by atoms with Gasteiger partial charge in [0.15, 0.2) is 0 Å². The molecule has 0 fully saturated rings. The summed E-state index contributed by atoms with van der Waals surface area (Å²) in [5.74, 6) is 7.04. The first-order valence-corrected chi connectivity index (χ1v) is 5.28. The Morgan fingerprint density at radius 1 is 1.40 bits per heavy atom. The third kappa shape index (κ3) is 4.53. The molecule has 1 aromatic rings. The van der Waals surface area contributed by atoms with Crippen molar-refractivity contribution in [2.24, 2.45) is 5.73 Å². The SMILES string of the molecule is CCCC#Cc1cccc(OCCN)c1. The van der Waals surface area contributed by atoms with E-state index in [4.69, 9.17) is 10.5 Å². The summed E-state index contributed by atoms with van der Waals surface area (Å²) in [4.78, 5) is 0. The van der Waals surface area contributed by atoms with Gasteiger partial charge in [-0.1, -0.05) is 24.8 Å². The van der Waals surface area contributed by atoms with Gasteiger partial charge in [0.1, 0.15) is 12.4 Å². The number of unbranched alkanes of at least 4 members (excludes halogenated alkanes) is 1. The van der Waals surface area contributed by atoms with Crippen molar-refractivity contribution in [2.75, 3.05) is 13.2 Å². The number of benzene rings is 1. The maximum atomic E-state index is 5.41. The number of rotatable bonds is 4.